The molecule has 0 bridgehead atoms. The van der Waals surface area contributed by atoms with E-state index in [9.17, 15) is 9.59 Å². The number of carbonyl (C=O) groups is 2. The molecule has 6 nitrogen and oxygen atoms in total. The number of rotatable bonds is 4. The monoisotopic (exact) mass is 404 g/mol. The molecule has 3 heterocycles. The maximum atomic E-state index is 12.8. The van der Waals surface area contributed by atoms with Crippen LogP contribution in [-0.2, 0) is 9.59 Å². The predicted octanol–water partition coefficient (Wildman–Crippen LogP) is 2.76. The van der Waals surface area contributed by atoms with Gasteiger partial charge in [0.1, 0.15) is 9.89 Å². The fraction of sp³-hybridized carbons (Fsp3) is 0.0500. The van der Waals surface area contributed by atoms with Crippen LogP contribution in [0.2, 0.25) is 0 Å². The van der Waals surface area contributed by atoms with Crippen LogP contribution in [0.25, 0.3) is 11.0 Å². The molecule has 0 saturated carbocycles. The first-order valence-electron chi connectivity index (χ1n) is 8.48. The van der Waals surface area contributed by atoms with Gasteiger partial charge in [-0.2, -0.15) is 0 Å². The summed E-state index contributed by atoms with van der Waals surface area (Å²) in [5.74, 6) is -0.433. The third-order valence-corrected chi connectivity index (χ3v) is 6.28. The number of hydrogen-bond donors (Lipinski definition) is 0. The lowest BCUT2D eigenvalue weighted by Gasteiger charge is -2.22. The lowest BCUT2D eigenvalue weighted by Crippen LogP contribution is -2.40. The lowest BCUT2D eigenvalue weighted by molar-refractivity contribution is -0.114. The summed E-state index contributed by atoms with van der Waals surface area (Å²) in [6.07, 6.45) is 3.36. The van der Waals surface area contributed by atoms with Gasteiger partial charge in [-0.25, -0.2) is 9.98 Å². The van der Waals surface area contributed by atoms with Crippen LogP contribution in [0.4, 0.5) is 5.69 Å². The molecule has 2 aliphatic heterocycles. The van der Waals surface area contributed by atoms with Gasteiger partial charge in [0.05, 0.1) is 28.7 Å². The first kappa shape index (κ1) is 17.0. The van der Waals surface area contributed by atoms with E-state index >= 15 is 0 Å². The Labute approximate surface area is 167 Å². The molecule has 0 unspecified atom stereocenters. The summed E-state index contributed by atoms with van der Waals surface area (Å²) in [6.45, 7) is 0. The molecule has 8 heteroatoms. The van der Waals surface area contributed by atoms with Crippen molar-refractivity contribution in [3.8, 4) is 0 Å². The number of amides is 1. The smallest absolute Gasteiger partial charge is 0.278 e. The molecule has 2 aromatic carbocycles. The second-order valence-corrected chi connectivity index (χ2v) is 8.05. The van der Waals surface area contributed by atoms with E-state index in [0.29, 0.717) is 10.1 Å². The van der Waals surface area contributed by atoms with Crippen LogP contribution in [0.15, 0.2) is 64.7 Å². The highest BCUT2D eigenvalue weighted by Gasteiger charge is 2.35. The van der Waals surface area contributed by atoms with Crippen LogP contribution in [0, 0.1) is 0 Å². The number of anilines is 1. The van der Waals surface area contributed by atoms with Crippen molar-refractivity contribution < 1.29 is 9.59 Å². The number of thioether (sulfide) groups is 1. The molecule has 1 amide bonds. The van der Waals surface area contributed by atoms with E-state index in [1.54, 1.807) is 12.4 Å². The molecule has 0 fully saturated rings. The number of nitrogens with zero attached hydrogens (tertiary/aromatic N) is 4. The summed E-state index contributed by atoms with van der Waals surface area (Å²) in [6, 6.07) is 15.1. The van der Waals surface area contributed by atoms with E-state index in [1.165, 1.54) is 16.7 Å². The Morgan fingerprint density at radius 2 is 1.86 bits per heavy atom. The second kappa shape index (κ2) is 6.81. The van der Waals surface area contributed by atoms with Crippen LogP contribution in [0.5, 0.6) is 0 Å². The number of carbonyl (C=O) groups excluding carboxylic acids is 2. The Bertz CT molecular complexity index is 1260. The van der Waals surface area contributed by atoms with Gasteiger partial charge in [-0.15, -0.1) is 0 Å². The molecule has 2 aliphatic rings. The fourth-order valence-corrected chi connectivity index (χ4v) is 4.71. The largest absolute Gasteiger partial charge is 0.292 e. The molecule has 0 aliphatic carbocycles. The number of aromatic nitrogens is 2. The SMILES string of the molecule is O=C(CSc1cnc2ccccc2n1)C1=S=C2N=Cc3ccccc3N2C1=O. The van der Waals surface area contributed by atoms with Gasteiger partial charge in [0, 0.05) is 11.8 Å². The van der Waals surface area contributed by atoms with E-state index < -0.39 is 0 Å². The number of benzene rings is 2. The van der Waals surface area contributed by atoms with Gasteiger partial charge in [0.15, 0.2) is 10.9 Å². The van der Waals surface area contributed by atoms with E-state index in [1.807, 2.05) is 48.5 Å². The highest BCUT2D eigenvalue weighted by Crippen LogP contribution is 2.28. The highest BCUT2D eigenvalue weighted by atomic mass is 32.2. The van der Waals surface area contributed by atoms with Crippen molar-refractivity contribution >= 4 is 67.3 Å². The Morgan fingerprint density at radius 1 is 1.07 bits per heavy atom. The fourth-order valence-electron chi connectivity index (χ4n) is 2.98. The summed E-state index contributed by atoms with van der Waals surface area (Å²) in [5, 5.41) is 1.17. The zero-order chi connectivity index (χ0) is 19.1. The van der Waals surface area contributed by atoms with Crippen molar-refractivity contribution in [2.24, 2.45) is 4.99 Å². The quantitative estimate of drug-likeness (QED) is 0.494. The van der Waals surface area contributed by atoms with Crippen molar-refractivity contribution in [2.75, 3.05) is 10.7 Å². The van der Waals surface area contributed by atoms with Crippen molar-refractivity contribution in [2.45, 2.75) is 5.03 Å². The Morgan fingerprint density at radius 3 is 2.75 bits per heavy atom. The standard InChI is InChI=1S/C20H12N4O2S2/c25-16(11-27-17-10-21-13-6-2-3-7-14(13)23-17)18-19(26)24-15-8-4-1-5-12(15)9-22-20(24)28-18/h1-10H,11H2. The molecule has 1 aromatic heterocycles. The number of para-hydroxylation sites is 3. The van der Waals surface area contributed by atoms with Crippen LogP contribution in [0.3, 0.4) is 0 Å². The molecular weight excluding hydrogens is 392 g/mol. The van der Waals surface area contributed by atoms with Gasteiger partial charge in [-0.05, 0) is 18.2 Å². The van der Waals surface area contributed by atoms with Crippen molar-refractivity contribution in [3.05, 3.63) is 60.3 Å². The van der Waals surface area contributed by atoms with Crippen molar-refractivity contribution in [1.29, 1.82) is 0 Å². The Balaban J connectivity index is 1.36. The van der Waals surface area contributed by atoms with E-state index in [0.717, 1.165) is 33.2 Å². The summed E-state index contributed by atoms with van der Waals surface area (Å²) in [7, 11) is 1.12. The van der Waals surface area contributed by atoms with Crippen molar-refractivity contribution in [3.63, 3.8) is 0 Å². The third kappa shape index (κ3) is 2.87. The van der Waals surface area contributed by atoms with E-state index in [4.69, 9.17) is 0 Å². The third-order valence-electron chi connectivity index (χ3n) is 4.30. The number of Topliss-reactive ketones (excluding diaryl/α,β-unsaturated/α-hetero) is 1. The Kier molecular flexibility index (Phi) is 4.14. The number of fused-ring (bicyclic) bond motifs is 4. The molecule has 0 spiro atoms. The van der Waals surface area contributed by atoms with Gasteiger partial charge in [-0.3, -0.25) is 19.5 Å². The van der Waals surface area contributed by atoms with Crippen LogP contribution >= 0.6 is 22.7 Å². The average molecular weight is 404 g/mol. The molecule has 0 atom stereocenters. The lowest BCUT2D eigenvalue weighted by atomic mass is 10.1. The molecule has 5 rings (SSSR count). The van der Waals surface area contributed by atoms with Crippen LogP contribution < -0.4 is 4.90 Å². The van der Waals surface area contributed by atoms with Gasteiger partial charge < -0.3 is 0 Å². The molecule has 0 N–H and O–H groups in total. The molecular formula is C20H12N4O2S2. The maximum absolute atomic E-state index is 12.8. The summed E-state index contributed by atoms with van der Waals surface area (Å²) in [4.78, 5) is 40.4. The second-order valence-electron chi connectivity index (χ2n) is 6.08. The Hall–Kier alpha value is -3.10. The van der Waals surface area contributed by atoms with Gasteiger partial charge >= 0.3 is 0 Å². The highest BCUT2D eigenvalue weighted by molar-refractivity contribution is 8.03. The number of ketones is 1. The molecule has 0 radical (unpaired) electrons. The molecule has 28 heavy (non-hydrogen) atoms. The summed E-state index contributed by atoms with van der Waals surface area (Å²) >= 11 is 1.28. The summed E-state index contributed by atoms with van der Waals surface area (Å²) in [5.41, 5.74) is 3.19. The van der Waals surface area contributed by atoms with E-state index in [-0.39, 0.29) is 22.3 Å². The molecule has 3 aromatic rings. The van der Waals surface area contributed by atoms with Crippen molar-refractivity contribution in [1.82, 2.24) is 9.97 Å². The van der Waals surface area contributed by atoms with Crippen LogP contribution in [0.1, 0.15) is 5.56 Å². The van der Waals surface area contributed by atoms with Gasteiger partial charge in [-0.1, -0.05) is 53.0 Å². The first-order chi connectivity index (χ1) is 13.7. The van der Waals surface area contributed by atoms with Crippen LogP contribution in [-0.4, -0.2) is 43.6 Å². The predicted molar refractivity (Wildman–Crippen MR) is 114 cm³/mol. The minimum atomic E-state index is -0.320. The topological polar surface area (TPSA) is 75.5 Å². The number of aliphatic imine (C=N–C) groups is 1. The number of hydrogen-bond acceptors (Lipinski definition) is 6. The minimum absolute atomic E-state index is 0.119. The average Bonchev–Trinajstić information content (AvgIpc) is 3.09. The van der Waals surface area contributed by atoms with Gasteiger partial charge in [0.25, 0.3) is 5.91 Å². The minimum Gasteiger partial charge on any atom is -0.292 e. The zero-order valence-electron chi connectivity index (χ0n) is 14.4. The zero-order valence-corrected chi connectivity index (χ0v) is 16.0. The van der Waals surface area contributed by atoms with Gasteiger partial charge in [0.2, 0.25) is 0 Å². The first-order valence-corrected chi connectivity index (χ1v) is 10.3. The summed E-state index contributed by atoms with van der Waals surface area (Å²) < 4.78 is 0. The van der Waals surface area contributed by atoms with E-state index in [2.05, 4.69) is 15.0 Å². The molecule has 0 saturated heterocycles. The molecule has 136 valence electrons. The maximum Gasteiger partial charge on any atom is 0.278 e. The normalized spacial score (nSPS) is 14.9.